The van der Waals surface area contributed by atoms with Crippen LogP contribution in [0, 0.1) is 11.8 Å². The maximum Gasteiger partial charge on any atom is 0.252 e. The molecule has 1 heterocycles. The minimum Gasteiger partial charge on any atom is -0.381 e. The van der Waals surface area contributed by atoms with Gasteiger partial charge in [-0.15, -0.1) is 0 Å². The number of hydrogen-bond acceptors (Lipinski definition) is 3. The Morgan fingerprint density at radius 3 is 2.95 bits per heavy atom. The average Bonchev–Trinajstić information content (AvgIpc) is 3.14. The Morgan fingerprint density at radius 2 is 2.25 bits per heavy atom. The van der Waals surface area contributed by atoms with Gasteiger partial charge in [0, 0.05) is 24.2 Å². The van der Waals surface area contributed by atoms with Gasteiger partial charge in [0.1, 0.15) is 0 Å². The standard InChI is InChI=1S/C16H19N3O/c17-16(20)12-8-18-13-3-1-2-11(13)15(12)19-14-7-9-4-5-10(14)6-9/h1-2,8-10,14H,3-7H2,(H2,17,20)(H,18,19)/t9-,10+,14+/m1/s1. The summed E-state index contributed by atoms with van der Waals surface area (Å²) in [6.07, 6.45) is 11.9. The monoisotopic (exact) mass is 269 g/mol. The van der Waals surface area contributed by atoms with Crippen LogP contribution in [0.2, 0.25) is 0 Å². The lowest BCUT2D eigenvalue weighted by Crippen LogP contribution is -2.28. The lowest BCUT2D eigenvalue weighted by molar-refractivity contribution is 0.100. The molecule has 2 saturated carbocycles. The molecule has 0 aliphatic heterocycles. The number of pyridine rings is 1. The van der Waals surface area contributed by atoms with Crippen molar-refractivity contribution in [3.63, 3.8) is 0 Å². The number of rotatable bonds is 3. The Labute approximate surface area is 118 Å². The third-order valence-electron chi connectivity index (χ3n) is 5.13. The summed E-state index contributed by atoms with van der Waals surface area (Å²) < 4.78 is 0. The van der Waals surface area contributed by atoms with E-state index in [1.54, 1.807) is 6.20 Å². The molecule has 0 unspecified atom stereocenters. The second kappa shape index (κ2) is 4.33. The van der Waals surface area contributed by atoms with Crippen LogP contribution in [0.5, 0.6) is 0 Å². The summed E-state index contributed by atoms with van der Waals surface area (Å²) >= 11 is 0. The van der Waals surface area contributed by atoms with Gasteiger partial charge in [-0.05, 0) is 31.1 Å². The van der Waals surface area contributed by atoms with Crippen molar-refractivity contribution >= 4 is 17.7 Å². The lowest BCUT2D eigenvalue weighted by Gasteiger charge is -2.26. The van der Waals surface area contributed by atoms with Crippen LogP contribution < -0.4 is 11.1 Å². The fraction of sp³-hybridized carbons (Fsp3) is 0.500. The van der Waals surface area contributed by atoms with E-state index in [4.69, 9.17) is 5.73 Å². The molecule has 20 heavy (non-hydrogen) atoms. The summed E-state index contributed by atoms with van der Waals surface area (Å²) in [4.78, 5) is 16.0. The molecule has 3 aliphatic rings. The van der Waals surface area contributed by atoms with Crippen molar-refractivity contribution < 1.29 is 4.79 Å². The fourth-order valence-corrected chi connectivity index (χ4v) is 4.15. The number of hydrogen-bond donors (Lipinski definition) is 2. The molecule has 2 bridgehead atoms. The Balaban J connectivity index is 1.71. The topological polar surface area (TPSA) is 68.0 Å². The molecule has 0 radical (unpaired) electrons. The minimum absolute atomic E-state index is 0.397. The zero-order valence-corrected chi connectivity index (χ0v) is 11.4. The van der Waals surface area contributed by atoms with Crippen molar-refractivity contribution in [1.82, 2.24) is 4.98 Å². The summed E-state index contributed by atoms with van der Waals surface area (Å²) in [5.74, 6) is 1.24. The summed E-state index contributed by atoms with van der Waals surface area (Å²) in [6.45, 7) is 0. The number of aromatic nitrogens is 1. The molecular weight excluding hydrogens is 250 g/mol. The van der Waals surface area contributed by atoms with E-state index in [2.05, 4.69) is 22.5 Å². The first-order valence-corrected chi connectivity index (χ1v) is 7.47. The normalized spacial score (nSPS) is 29.7. The van der Waals surface area contributed by atoms with Crippen LogP contribution >= 0.6 is 0 Å². The summed E-state index contributed by atoms with van der Waals surface area (Å²) in [6, 6.07) is 0.493. The molecule has 0 spiro atoms. The van der Waals surface area contributed by atoms with E-state index in [-0.39, 0.29) is 0 Å². The largest absolute Gasteiger partial charge is 0.381 e. The molecule has 4 heteroatoms. The number of anilines is 1. The van der Waals surface area contributed by atoms with Crippen LogP contribution in [-0.2, 0) is 6.42 Å². The maximum absolute atomic E-state index is 11.7. The van der Waals surface area contributed by atoms with E-state index < -0.39 is 5.91 Å². The second-order valence-electron chi connectivity index (χ2n) is 6.30. The predicted octanol–water partition coefficient (Wildman–Crippen LogP) is 2.35. The van der Waals surface area contributed by atoms with Crippen molar-refractivity contribution in [3.05, 3.63) is 29.1 Å². The third kappa shape index (κ3) is 1.74. The van der Waals surface area contributed by atoms with E-state index in [1.165, 1.54) is 25.7 Å². The Hall–Kier alpha value is -1.84. The van der Waals surface area contributed by atoms with Gasteiger partial charge >= 0.3 is 0 Å². The van der Waals surface area contributed by atoms with Crippen molar-refractivity contribution in [3.8, 4) is 0 Å². The second-order valence-corrected chi connectivity index (χ2v) is 6.30. The van der Waals surface area contributed by atoms with E-state index in [0.717, 1.165) is 35.2 Å². The summed E-state index contributed by atoms with van der Waals surface area (Å²) in [5, 5.41) is 3.63. The maximum atomic E-state index is 11.7. The average molecular weight is 269 g/mol. The van der Waals surface area contributed by atoms with E-state index in [9.17, 15) is 4.79 Å². The number of nitrogens with zero attached hydrogens (tertiary/aromatic N) is 1. The summed E-state index contributed by atoms with van der Waals surface area (Å²) in [7, 11) is 0. The molecular formula is C16H19N3O. The lowest BCUT2D eigenvalue weighted by atomic mass is 9.94. The molecule has 4 nitrogen and oxygen atoms in total. The molecule has 3 N–H and O–H groups in total. The zero-order valence-electron chi connectivity index (χ0n) is 11.4. The van der Waals surface area contributed by atoms with Crippen molar-refractivity contribution in [2.45, 2.75) is 38.1 Å². The number of carbonyl (C=O) groups excluding carboxylic acids is 1. The fourth-order valence-electron chi connectivity index (χ4n) is 4.15. The highest BCUT2D eigenvalue weighted by atomic mass is 16.1. The van der Waals surface area contributed by atoms with Gasteiger partial charge in [-0.1, -0.05) is 18.6 Å². The van der Waals surface area contributed by atoms with Crippen LogP contribution in [0.1, 0.15) is 47.3 Å². The van der Waals surface area contributed by atoms with Crippen LogP contribution in [0.25, 0.3) is 6.08 Å². The Morgan fingerprint density at radius 1 is 1.35 bits per heavy atom. The minimum atomic E-state index is -0.397. The van der Waals surface area contributed by atoms with Crippen molar-refractivity contribution in [2.75, 3.05) is 5.32 Å². The number of carbonyl (C=O) groups is 1. The first kappa shape index (κ1) is 11.9. The van der Waals surface area contributed by atoms with Gasteiger partial charge < -0.3 is 11.1 Å². The highest BCUT2D eigenvalue weighted by Crippen LogP contribution is 2.46. The number of primary amides is 1. The number of nitrogens with two attached hydrogens (primary N) is 1. The van der Waals surface area contributed by atoms with Crippen molar-refractivity contribution in [2.24, 2.45) is 17.6 Å². The highest BCUT2D eigenvalue weighted by Gasteiger charge is 2.40. The first-order chi connectivity index (χ1) is 9.72. The molecule has 3 atom stereocenters. The van der Waals surface area contributed by atoms with Gasteiger partial charge in [-0.3, -0.25) is 9.78 Å². The number of allylic oxidation sites excluding steroid dienone is 1. The molecule has 1 aromatic heterocycles. The van der Waals surface area contributed by atoms with Gasteiger partial charge in [-0.2, -0.15) is 0 Å². The van der Waals surface area contributed by atoms with Crippen LogP contribution in [0.15, 0.2) is 12.3 Å². The van der Waals surface area contributed by atoms with E-state index >= 15 is 0 Å². The molecule has 2 fully saturated rings. The molecule has 0 saturated heterocycles. The predicted molar refractivity (Wildman–Crippen MR) is 78.4 cm³/mol. The third-order valence-corrected chi connectivity index (χ3v) is 5.13. The van der Waals surface area contributed by atoms with Crippen LogP contribution in [0.3, 0.4) is 0 Å². The van der Waals surface area contributed by atoms with Gasteiger partial charge in [0.25, 0.3) is 5.91 Å². The van der Waals surface area contributed by atoms with Crippen LogP contribution in [0.4, 0.5) is 5.69 Å². The molecule has 1 aromatic rings. The smallest absolute Gasteiger partial charge is 0.252 e. The zero-order chi connectivity index (χ0) is 13.7. The van der Waals surface area contributed by atoms with Gasteiger partial charge in [-0.25, -0.2) is 0 Å². The molecule has 3 aliphatic carbocycles. The number of nitrogens with one attached hydrogen (secondary N) is 1. The number of amides is 1. The molecule has 0 aromatic carbocycles. The molecule has 104 valence electrons. The molecule has 4 rings (SSSR count). The van der Waals surface area contributed by atoms with Gasteiger partial charge in [0.2, 0.25) is 0 Å². The van der Waals surface area contributed by atoms with Crippen molar-refractivity contribution in [1.29, 1.82) is 0 Å². The summed E-state index contributed by atoms with van der Waals surface area (Å²) in [5.41, 5.74) is 9.05. The van der Waals surface area contributed by atoms with E-state index in [0.29, 0.717) is 11.6 Å². The Bertz CT molecular complexity index is 608. The number of fused-ring (bicyclic) bond motifs is 3. The van der Waals surface area contributed by atoms with E-state index in [1.807, 2.05) is 0 Å². The van der Waals surface area contributed by atoms with Crippen LogP contribution in [-0.4, -0.2) is 16.9 Å². The van der Waals surface area contributed by atoms with Gasteiger partial charge in [0.05, 0.1) is 16.9 Å². The Kier molecular flexibility index (Phi) is 2.59. The quantitative estimate of drug-likeness (QED) is 0.885. The first-order valence-electron chi connectivity index (χ1n) is 7.47. The highest BCUT2D eigenvalue weighted by molar-refractivity contribution is 6.00. The van der Waals surface area contributed by atoms with Gasteiger partial charge in [0.15, 0.2) is 0 Å². The molecule has 1 amide bonds. The SMILES string of the molecule is NC(=O)c1cnc2c(c1N[C@H]1C[C@@H]3CC[C@H]1C3)C=CC2.